The summed E-state index contributed by atoms with van der Waals surface area (Å²) in [6, 6.07) is 5.73. The molecule has 1 saturated heterocycles. The molecule has 1 heterocycles. The second-order valence-electron chi connectivity index (χ2n) is 4.79. The quantitative estimate of drug-likeness (QED) is 0.772. The van der Waals surface area contributed by atoms with Crippen LogP contribution in [0.2, 0.25) is 0 Å². The van der Waals surface area contributed by atoms with Crippen molar-refractivity contribution in [3.8, 4) is 0 Å². The first-order valence-corrected chi connectivity index (χ1v) is 6.38. The summed E-state index contributed by atoms with van der Waals surface area (Å²) in [5.41, 5.74) is 0.388. The van der Waals surface area contributed by atoms with Crippen molar-refractivity contribution < 1.29 is 13.9 Å². The number of hydrogen-bond acceptors (Lipinski definition) is 4. The van der Waals surface area contributed by atoms with Crippen LogP contribution in [0, 0.1) is 5.82 Å². The maximum Gasteiger partial charge on any atom is 0.327 e. The standard InChI is InChI=1S/C14H19FN2O2/c1-16-7-9-17(10-8-16)13(14(18)19-2)11-5-3-4-6-12(11)15/h3-6,13H,7-10H2,1-2H3. The second kappa shape index (κ2) is 6.12. The molecule has 0 amide bonds. The lowest BCUT2D eigenvalue weighted by Crippen LogP contribution is -2.48. The predicted molar refractivity (Wildman–Crippen MR) is 70.2 cm³/mol. The highest BCUT2D eigenvalue weighted by molar-refractivity contribution is 5.77. The lowest BCUT2D eigenvalue weighted by molar-refractivity contribution is -0.148. The lowest BCUT2D eigenvalue weighted by atomic mass is 10.0. The van der Waals surface area contributed by atoms with Crippen molar-refractivity contribution in [1.29, 1.82) is 0 Å². The number of rotatable bonds is 3. The first-order valence-electron chi connectivity index (χ1n) is 6.38. The number of benzene rings is 1. The third-order valence-electron chi connectivity index (χ3n) is 3.53. The summed E-state index contributed by atoms with van der Waals surface area (Å²) in [7, 11) is 3.37. The van der Waals surface area contributed by atoms with Gasteiger partial charge >= 0.3 is 5.97 Å². The van der Waals surface area contributed by atoms with Gasteiger partial charge in [-0.1, -0.05) is 18.2 Å². The fraction of sp³-hybridized carbons (Fsp3) is 0.500. The Labute approximate surface area is 112 Å². The first kappa shape index (κ1) is 14.0. The van der Waals surface area contributed by atoms with Crippen molar-refractivity contribution in [1.82, 2.24) is 9.80 Å². The molecule has 1 unspecified atom stereocenters. The molecular formula is C14H19FN2O2. The van der Waals surface area contributed by atoms with Crippen molar-refractivity contribution in [3.05, 3.63) is 35.6 Å². The number of esters is 1. The van der Waals surface area contributed by atoms with Gasteiger partial charge in [-0.05, 0) is 13.1 Å². The van der Waals surface area contributed by atoms with E-state index in [1.807, 2.05) is 11.9 Å². The highest BCUT2D eigenvalue weighted by atomic mass is 19.1. The number of ether oxygens (including phenoxy) is 1. The molecule has 0 spiro atoms. The van der Waals surface area contributed by atoms with E-state index in [0.29, 0.717) is 5.56 Å². The first-order chi connectivity index (χ1) is 9.13. The van der Waals surface area contributed by atoms with Gasteiger partial charge in [-0.3, -0.25) is 4.90 Å². The molecule has 0 aromatic heterocycles. The summed E-state index contributed by atoms with van der Waals surface area (Å²) < 4.78 is 18.8. The van der Waals surface area contributed by atoms with Crippen LogP contribution in [0.5, 0.6) is 0 Å². The number of hydrogen-bond donors (Lipinski definition) is 0. The number of methoxy groups -OCH3 is 1. The molecule has 0 saturated carbocycles. The topological polar surface area (TPSA) is 32.8 Å². The lowest BCUT2D eigenvalue weighted by Gasteiger charge is -2.36. The molecule has 1 aromatic carbocycles. The minimum absolute atomic E-state index is 0.364. The summed E-state index contributed by atoms with van der Waals surface area (Å²) in [4.78, 5) is 16.2. The van der Waals surface area contributed by atoms with Gasteiger partial charge in [0, 0.05) is 31.7 Å². The molecule has 1 aromatic rings. The minimum Gasteiger partial charge on any atom is -0.468 e. The number of halogens is 1. The Bertz CT molecular complexity index is 445. The highest BCUT2D eigenvalue weighted by Crippen LogP contribution is 2.25. The van der Waals surface area contributed by atoms with E-state index in [-0.39, 0.29) is 5.82 Å². The van der Waals surface area contributed by atoms with Crippen LogP contribution < -0.4 is 0 Å². The van der Waals surface area contributed by atoms with Crippen LogP contribution in [-0.2, 0) is 9.53 Å². The predicted octanol–water partition coefficient (Wildman–Crippen LogP) is 1.29. The average Bonchev–Trinajstić information content (AvgIpc) is 2.43. The zero-order chi connectivity index (χ0) is 13.8. The molecule has 4 nitrogen and oxygen atoms in total. The molecule has 0 N–H and O–H groups in total. The normalized spacial score (nSPS) is 19.1. The van der Waals surface area contributed by atoms with Gasteiger partial charge in [0.25, 0.3) is 0 Å². The van der Waals surface area contributed by atoms with Crippen LogP contribution in [-0.4, -0.2) is 56.1 Å². The van der Waals surface area contributed by atoms with Crippen LogP contribution in [0.3, 0.4) is 0 Å². The van der Waals surface area contributed by atoms with Crippen molar-refractivity contribution >= 4 is 5.97 Å². The average molecular weight is 266 g/mol. The minimum atomic E-state index is -0.653. The number of carbonyl (C=O) groups is 1. The molecule has 1 aliphatic rings. The molecule has 104 valence electrons. The molecule has 1 fully saturated rings. The fourth-order valence-corrected chi connectivity index (χ4v) is 2.36. The van der Waals surface area contributed by atoms with Gasteiger partial charge in [-0.2, -0.15) is 0 Å². The van der Waals surface area contributed by atoms with E-state index in [4.69, 9.17) is 4.74 Å². The Kier molecular flexibility index (Phi) is 4.50. The summed E-state index contributed by atoms with van der Waals surface area (Å²) in [5, 5.41) is 0. The summed E-state index contributed by atoms with van der Waals surface area (Å²) in [6.45, 7) is 3.18. The molecule has 1 aliphatic heterocycles. The summed E-state index contributed by atoms with van der Waals surface area (Å²) >= 11 is 0. The van der Waals surface area contributed by atoms with Crippen LogP contribution in [0.4, 0.5) is 4.39 Å². The second-order valence-corrected chi connectivity index (χ2v) is 4.79. The zero-order valence-corrected chi connectivity index (χ0v) is 11.3. The van der Waals surface area contributed by atoms with Crippen molar-refractivity contribution in [3.63, 3.8) is 0 Å². The van der Waals surface area contributed by atoms with Gasteiger partial charge in [0.1, 0.15) is 11.9 Å². The molecule has 0 bridgehead atoms. The Balaban J connectivity index is 2.26. The van der Waals surface area contributed by atoms with Gasteiger partial charge < -0.3 is 9.64 Å². The Morgan fingerprint density at radius 2 is 1.89 bits per heavy atom. The van der Waals surface area contributed by atoms with Gasteiger partial charge in [-0.25, -0.2) is 9.18 Å². The molecule has 5 heteroatoms. The Morgan fingerprint density at radius 1 is 1.26 bits per heavy atom. The molecule has 0 aliphatic carbocycles. The van der Waals surface area contributed by atoms with Gasteiger partial charge in [0.15, 0.2) is 0 Å². The van der Waals surface area contributed by atoms with Gasteiger partial charge in [-0.15, -0.1) is 0 Å². The molecule has 2 rings (SSSR count). The van der Waals surface area contributed by atoms with Gasteiger partial charge in [0.2, 0.25) is 0 Å². The zero-order valence-electron chi connectivity index (χ0n) is 11.3. The smallest absolute Gasteiger partial charge is 0.327 e. The molecule has 19 heavy (non-hydrogen) atoms. The van der Waals surface area contributed by atoms with Crippen molar-refractivity contribution in [2.45, 2.75) is 6.04 Å². The van der Waals surface area contributed by atoms with E-state index in [0.717, 1.165) is 26.2 Å². The number of likely N-dealkylation sites (N-methyl/N-ethyl adjacent to an activating group) is 1. The van der Waals surface area contributed by atoms with Crippen LogP contribution >= 0.6 is 0 Å². The highest BCUT2D eigenvalue weighted by Gasteiger charge is 2.32. The van der Waals surface area contributed by atoms with E-state index in [1.54, 1.807) is 18.2 Å². The van der Waals surface area contributed by atoms with E-state index >= 15 is 0 Å². The third kappa shape index (κ3) is 3.11. The molecular weight excluding hydrogens is 247 g/mol. The van der Waals surface area contributed by atoms with E-state index in [1.165, 1.54) is 13.2 Å². The van der Waals surface area contributed by atoms with Gasteiger partial charge in [0.05, 0.1) is 7.11 Å². The number of nitrogens with zero attached hydrogens (tertiary/aromatic N) is 2. The van der Waals surface area contributed by atoms with Crippen molar-refractivity contribution in [2.24, 2.45) is 0 Å². The van der Waals surface area contributed by atoms with E-state index < -0.39 is 12.0 Å². The van der Waals surface area contributed by atoms with Crippen LogP contribution in [0.15, 0.2) is 24.3 Å². The maximum absolute atomic E-state index is 13.9. The van der Waals surface area contributed by atoms with E-state index in [2.05, 4.69) is 4.90 Å². The maximum atomic E-state index is 13.9. The van der Waals surface area contributed by atoms with Crippen molar-refractivity contribution in [2.75, 3.05) is 40.3 Å². The van der Waals surface area contributed by atoms with E-state index in [9.17, 15) is 9.18 Å². The third-order valence-corrected chi connectivity index (χ3v) is 3.53. The summed E-state index contributed by atoms with van der Waals surface area (Å²) in [6.07, 6.45) is 0. The fourth-order valence-electron chi connectivity index (χ4n) is 2.36. The Morgan fingerprint density at radius 3 is 2.47 bits per heavy atom. The Hall–Kier alpha value is -1.46. The monoisotopic (exact) mass is 266 g/mol. The van der Waals surface area contributed by atoms with Crippen LogP contribution in [0.25, 0.3) is 0 Å². The number of piperazine rings is 1. The molecule has 1 atom stereocenters. The molecule has 0 radical (unpaired) electrons. The van der Waals surface area contributed by atoms with Crippen LogP contribution in [0.1, 0.15) is 11.6 Å². The summed E-state index contributed by atoms with van der Waals surface area (Å²) in [5.74, 6) is -0.772. The SMILES string of the molecule is COC(=O)C(c1ccccc1F)N1CCN(C)CC1. The number of carbonyl (C=O) groups excluding carboxylic acids is 1. The largest absolute Gasteiger partial charge is 0.468 e.